The van der Waals surface area contributed by atoms with Gasteiger partial charge in [0.15, 0.2) is 0 Å². The molecule has 1 rings (SSSR count). The molecular formula is C13H23Cl2N3O2. The molecular weight excluding hydrogens is 301 g/mol. The fourth-order valence-corrected chi connectivity index (χ4v) is 1.45. The third-order valence-electron chi connectivity index (χ3n) is 2.54. The molecule has 0 bridgehead atoms. The van der Waals surface area contributed by atoms with Crippen LogP contribution < -0.4 is 16.8 Å². The van der Waals surface area contributed by atoms with E-state index in [0.717, 1.165) is 18.4 Å². The summed E-state index contributed by atoms with van der Waals surface area (Å²) in [5.41, 5.74) is 12.0. The van der Waals surface area contributed by atoms with E-state index in [2.05, 4.69) is 5.32 Å². The Kier molecular flexibility index (Phi) is 13.8. The number of nitrogens with two attached hydrogens (primary N) is 2. The Morgan fingerprint density at radius 3 is 2.50 bits per heavy atom. The number of hydrogen-bond donors (Lipinski definition) is 3. The maximum absolute atomic E-state index is 11.3. The average Bonchev–Trinajstić information content (AvgIpc) is 2.42. The van der Waals surface area contributed by atoms with E-state index in [-0.39, 0.29) is 37.5 Å². The van der Waals surface area contributed by atoms with Crippen molar-refractivity contribution in [2.45, 2.75) is 25.5 Å². The molecule has 0 aliphatic rings. The van der Waals surface area contributed by atoms with Crippen LogP contribution in [0.4, 0.5) is 4.79 Å². The van der Waals surface area contributed by atoms with Crippen LogP contribution >= 0.6 is 24.8 Å². The first-order chi connectivity index (χ1) is 8.72. The number of hydrogen-bond acceptors (Lipinski definition) is 4. The van der Waals surface area contributed by atoms with Crippen molar-refractivity contribution in [3.8, 4) is 0 Å². The Labute approximate surface area is 132 Å². The summed E-state index contributed by atoms with van der Waals surface area (Å²) in [5.74, 6) is 0. The summed E-state index contributed by atoms with van der Waals surface area (Å²) >= 11 is 0. The van der Waals surface area contributed by atoms with Gasteiger partial charge >= 0.3 is 6.09 Å². The molecule has 0 heterocycles. The summed E-state index contributed by atoms with van der Waals surface area (Å²) < 4.78 is 5.06. The number of carbonyl (C=O) groups is 1. The molecule has 20 heavy (non-hydrogen) atoms. The van der Waals surface area contributed by atoms with Crippen LogP contribution in [0.15, 0.2) is 30.3 Å². The van der Waals surface area contributed by atoms with Gasteiger partial charge in [-0.1, -0.05) is 30.3 Å². The number of carbonyl (C=O) groups excluding carboxylic acids is 1. The molecule has 0 fully saturated rings. The van der Waals surface area contributed by atoms with Gasteiger partial charge in [0.2, 0.25) is 0 Å². The number of amides is 1. The molecule has 5 N–H and O–H groups in total. The van der Waals surface area contributed by atoms with Crippen LogP contribution in [0.5, 0.6) is 0 Å². The average molecular weight is 324 g/mol. The molecule has 116 valence electrons. The van der Waals surface area contributed by atoms with Crippen molar-refractivity contribution in [2.75, 3.05) is 13.1 Å². The Hall–Kier alpha value is -1.01. The van der Waals surface area contributed by atoms with Crippen molar-refractivity contribution in [1.29, 1.82) is 0 Å². The first-order valence-electron chi connectivity index (χ1n) is 6.12. The number of benzene rings is 1. The van der Waals surface area contributed by atoms with E-state index in [9.17, 15) is 4.79 Å². The molecule has 1 amide bonds. The molecule has 0 spiro atoms. The molecule has 0 aliphatic heterocycles. The lowest BCUT2D eigenvalue weighted by atomic mass is 10.2. The van der Waals surface area contributed by atoms with Gasteiger partial charge in [-0.3, -0.25) is 0 Å². The van der Waals surface area contributed by atoms with Crippen LogP contribution in [-0.2, 0) is 11.3 Å². The molecule has 0 radical (unpaired) electrons. The molecule has 0 saturated carbocycles. The van der Waals surface area contributed by atoms with Gasteiger partial charge in [-0.2, -0.15) is 0 Å². The Bertz CT molecular complexity index is 353. The van der Waals surface area contributed by atoms with Crippen LogP contribution in [0.1, 0.15) is 18.4 Å². The predicted molar refractivity (Wildman–Crippen MR) is 85.4 cm³/mol. The van der Waals surface area contributed by atoms with Crippen LogP contribution in [0.3, 0.4) is 0 Å². The van der Waals surface area contributed by atoms with Crippen molar-refractivity contribution in [1.82, 2.24) is 5.32 Å². The minimum atomic E-state index is -0.403. The fourth-order valence-electron chi connectivity index (χ4n) is 1.45. The van der Waals surface area contributed by atoms with Crippen molar-refractivity contribution in [3.63, 3.8) is 0 Å². The third-order valence-corrected chi connectivity index (χ3v) is 2.54. The highest BCUT2D eigenvalue weighted by atomic mass is 35.5. The van der Waals surface area contributed by atoms with Crippen LogP contribution in [-0.4, -0.2) is 25.2 Å². The molecule has 7 heteroatoms. The second-order valence-corrected chi connectivity index (χ2v) is 4.13. The van der Waals surface area contributed by atoms with E-state index in [1.807, 2.05) is 30.3 Å². The lowest BCUT2D eigenvalue weighted by molar-refractivity contribution is 0.139. The maximum atomic E-state index is 11.3. The zero-order valence-electron chi connectivity index (χ0n) is 11.3. The van der Waals surface area contributed by atoms with E-state index in [0.29, 0.717) is 13.1 Å². The maximum Gasteiger partial charge on any atom is 0.407 e. The zero-order valence-corrected chi connectivity index (χ0v) is 12.9. The highest BCUT2D eigenvalue weighted by molar-refractivity contribution is 5.85. The molecule has 0 unspecified atom stereocenters. The SMILES string of the molecule is Cl.Cl.NC[C@@H](N)CCCNC(=O)OCc1ccccc1. The summed E-state index contributed by atoms with van der Waals surface area (Å²) in [4.78, 5) is 11.3. The van der Waals surface area contributed by atoms with Crippen LogP contribution in [0.2, 0.25) is 0 Å². The molecule has 1 aromatic rings. The molecule has 0 saturated heterocycles. The van der Waals surface area contributed by atoms with Crippen molar-refractivity contribution < 1.29 is 9.53 Å². The second kappa shape index (κ2) is 13.0. The lowest BCUT2D eigenvalue weighted by Crippen LogP contribution is -2.31. The van der Waals surface area contributed by atoms with E-state index in [4.69, 9.17) is 16.2 Å². The van der Waals surface area contributed by atoms with Crippen LogP contribution in [0, 0.1) is 0 Å². The topological polar surface area (TPSA) is 90.4 Å². The second-order valence-electron chi connectivity index (χ2n) is 4.13. The van der Waals surface area contributed by atoms with E-state index >= 15 is 0 Å². The highest BCUT2D eigenvalue weighted by Gasteiger charge is 2.03. The summed E-state index contributed by atoms with van der Waals surface area (Å²) in [5, 5.41) is 2.67. The molecule has 0 aliphatic carbocycles. The quantitative estimate of drug-likeness (QED) is 0.667. The van der Waals surface area contributed by atoms with E-state index in [1.54, 1.807) is 0 Å². The van der Waals surface area contributed by atoms with Gasteiger partial charge in [-0.05, 0) is 18.4 Å². The number of rotatable bonds is 7. The van der Waals surface area contributed by atoms with Crippen molar-refractivity contribution >= 4 is 30.9 Å². The summed E-state index contributed by atoms with van der Waals surface area (Å²) in [6.45, 7) is 1.31. The number of ether oxygens (including phenoxy) is 1. The standard InChI is InChI=1S/C13H21N3O2.2ClH/c14-9-12(15)7-4-8-16-13(17)18-10-11-5-2-1-3-6-11;;/h1-3,5-6,12H,4,7-10,14-15H2,(H,16,17);2*1H/t12-;;/m0../s1. The van der Waals surface area contributed by atoms with Gasteiger partial charge in [-0.15, -0.1) is 24.8 Å². The summed E-state index contributed by atoms with van der Waals surface area (Å²) in [6, 6.07) is 9.56. The summed E-state index contributed by atoms with van der Waals surface area (Å²) in [6.07, 6.45) is 1.20. The first-order valence-corrected chi connectivity index (χ1v) is 6.12. The van der Waals surface area contributed by atoms with Gasteiger partial charge in [0.25, 0.3) is 0 Å². The first kappa shape index (κ1) is 21.3. The van der Waals surface area contributed by atoms with Gasteiger partial charge in [-0.25, -0.2) is 4.79 Å². The minimum Gasteiger partial charge on any atom is -0.445 e. The lowest BCUT2D eigenvalue weighted by Gasteiger charge is -2.09. The zero-order chi connectivity index (χ0) is 13.2. The third kappa shape index (κ3) is 9.86. The Morgan fingerprint density at radius 1 is 1.25 bits per heavy atom. The Balaban J connectivity index is 0. The van der Waals surface area contributed by atoms with Gasteiger partial charge in [0, 0.05) is 19.1 Å². The molecule has 0 aromatic heterocycles. The molecule has 5 nitrogen and oxygen atoms in total. The smallest absolute Gasteiger partial charge is 0.407 e. The van der Waals surface area contributed by atoms with Gasteiger partial charge in [0.05, 0.1) is 0 Å². The van der Waals surface area contributed by atoms with Crippen molar-refractivity contribution in [3.05, 3.63) is 35.9 Å². The van der Waals surface area contributed by atoms with Gasteiger partial charge < -0.3 is 21.5 Å². The predicted octanol–water partition coefficient (Wildman–Crippen LogP) is 1.82. The number of alkyl carbamates (subject to hydrolysis) is 1. The van der Waals surface area contributed by atoms with E-state index in [1.165, 1.54) is 0 Å². The number of nitrogens with one attached hydrogen (secondary N) is 1. The normalized spacial score (nSPS) is 10.7. The monoisotopic (exact) mass is 323 g/mol. The summed E-state index contributed by atoms with van der Waals surface area (Å²) in [7, 11) is 0. The minimum absolute atomic E-state index is 0. The fraction of sp³-hybridized carbons (Fsp3) is 0.462. The van der Waals surface area contributed by atoms with Crippen molar-refractivity contribution in [2.24, 2.45) is 11.5 Å². The highest BCUT2D eigenvalue weighted by Crippen LogP contribution is 2.00. The number of halogens is 2. The molecule has 1 aromatic carbocycles. The van der Waals surface area contributed by atoms with Crippen LogP contribution in [0.25, 0.3) is 0 Å². The van der Waals surface area contributed by atoms with E-state index < -0.39 is 6.09 Å². The molecule has 1 atom stereocenters. The largest absolute Gasteiger partial charge is 0.445 e. The van der Waals surface area contributed by atoms with Gasteiger partial charge in [0.1, 0.15) is 6.61 Å². The Morgan fingerprint density at radius 2 is 1.90 bits per heavy atom.